The minimum atomic E-state index is -0.235. The second-order valence-electron chi connectivity index (χ2n) is 4.63. The minimum Gasteiger partial charge on any atom is -0.312 e. The Labute approximate surface area is 130 Å². The highest BCUT2D eigenvalue weighted by Gasteiger charge is 2.18. The van der Waals surface area contributed by atoms with Crippen molar-refractivity contribution in [1.82, 2.24) is 14.9 Å². The Kier molecular flexibility index (Phi) is 5.63. The third-order valence-corrected chi connectivity index (χ3v) is 4.65. The Morgan fingerprint density at radius 1 is 1.45 bits per heavy atom. The van der Waals surface area contributed by atoms with Crippen molar-refractivity contribution in [1.29, 1.82) is 0 Å². The van der Waals surface area contributed by atoms with E-state index in [1.165, 1.54) is 22.5 Å². The summed E-state index contributed by atoms with van der Waals surface area (Å²) in [7, 11) is 1.93. The first-order valence-corrected chi connectivity index (χ1v) is 8.14. The SMILES string of the molecule is CCCc1nnsc1C(Cc1ccc(F)c(Br)c1)NC. The number of hydrogen-bond donors (Lipinski definition) is 1. The van der Waals surface area contributed by atoms with E-state index in [9.17, 15) is 4.39 Å². The second-order valence-corrected chi connectivity index (χ2v) is 6.27. The average Bonchev–Trinajstić information content (AvgIpc) is 2.88. The van der Waals surface area contributed by atoms with Gasteiger partial charge in [-0.05, 0) is 65.0 Å². The number of likely N-dealkylation sites (N-methyl/N-ethyl adjacent to an activating group) is 1. The fourth-order valence-electron chi connectivity index (χ4n) is 2.12. The Morgan fingerprint density at radius 3 is 2.90 bits per heavy atom. The number of nitrogens with zero attached hydrogens (tertiary/aromatic N) is 2. The van der Waals surface area contributed by atoms with E-state index >= 15 is 0 Å². The first kappa shape index (κ1) is 15.5. The molecule has 0 saturated heterocycles. The van der Waals surface area contributed by atoms with Crippen LogP contribution in [0, 0.1) is 5.82 Å². The van der Waals surface area contributed by atoms with E-state index in [4.69, 9.17) is 0 Å². The normalized spacial score (nSPS) is 12.6. The molecule has 3 nitrogen and oxygen atoms in total. The van der Waals surface area contributed by atoms with Crippen molar-refractivity contribution in [3.05, 3.63) is 44.6 Å². The van der Waals surface area contributed by atoms with Crippen LogP contribution >= 0.6 is 27.5 Å². The lowest BCUT2D eigenvalue weighted by Crippen LogP contribution is -2.19. The highest BCUT2D eigenvalue weighted by atomic mass is 79.9. The molecule has 0 aliphatic heterocycles. The summed E-state index contributed by atoms with van der Waals surface area (Å²) in [6.45, 7) is 2.13. The van der Waals surface area contributed by atoms with E-state index in [1.54, 1.807) is 0 Å². The number of benzene rings is 1. The summed E-state index contributed by atoms with van der Waals surface area (Å²) in [5, 5.41) is 7.51. The topological polar surface area (TPSA) is 37.8 Å². The monoisotopic (exact) mass is 357 g/mol. The number of halogens is 2. The van der Waals surface area contributed by atoms with Gasteiger partial charge in [-0.3, -0.25) is 0 Å². The summed E-state index contributed by atoms with van der Waals surface area (Å²) in [5.41, 5.74) is 2.14. The Bertz CT molecular complexity index is 573. The van der Waals surface area contributed by atoms with E-state index in [2.05, 4.69) is 37.8 Å². The Hall–Kier alpha value is -0.850. The predicted octanol–water partition coefficient (Wildman–Crippen LogP) is 3.90. The van der Waals surface area contributed by atoms with E-state index < -0.39 is 0 Å². The molecule has 1 unspecified atom stereocenters. The van der Waals surface area contributed by atoms with Crippen molar-refractivity contribution in [3.63, 3.8) is 0 Å². The highest BCUT2D eigenvalue weighted by molar-refractivity contribution is 9.10. The average molecular weight is 358 g/mol. The third-order valence-electron chi connectivity index (χ3n) is 3.16. The van der Waals surface area contributed by atoms with Gasteiger partial charge in [-0.15, -0.1) is 5.10 Å². The summed E-state index contributed by atoms with van der Waals surface area (Å²) in [6.07, 6.45) is 2.78. The van der Waals surface area contributed by atoms with Crippen molar-refractivity contribution >= 4 is 27.5 Å². The summed E-state index contributed by atoms with van der Waals surface area (Å²) in [6, 6.07) is 5.30. The summed E-state index contributed by atoms with van der Waals surface area (Å²) in [5.74, 6) is -0.235. The zero-order valence-corrected chi connectivity index (χ0v) is 13.9. The van der Waals surface area contributed by atoms with Crippen LogP contribution in [0.15, 0.2) is 22.7 Å². The number of hydrogen-bond acceptors (Lipinski definition) is 4. The van der Waals surface area contributed by atoms with E-state index in [0.29, 0.717) is 4.47 Å². The fraction of sp³-hybridized carbons (Fsp3) is 0.429. The van der Waals surface area contributed by atoms with Crippen molar-refractivity contribution in [2.75, 3.05) is 7.05 Å². The molecular formula is C14H17BrFN3S. The van der Waals surface area contributed by atoms with Crippen LogP contribution in [-0.2, 0) is 12.8 Å². The number of rotatable bonds is 6. The van der Waals surface area contributed by atoms with Crippen LogP contribution in [0.4, 0.5) is 4.39 Å². The van der Waals surface area contributed by atoms with Gasteiger partial charge in [0, 0.05) is 6.04 Å². The first-order chi connectivity index (χ1) is 9.65. The van der Waals surface area contributed by atoms with Gasteiger partial charge in [0.2, 0.25) is 0 Å². The van der Waals surface area contributed by atoms with Crippen LogP contribution < -0.4 is 5.32 Å². The van der Waals surface area contributed by atoms with Gasteiger partial charge in [-0.1, -0.05) is 23.9 Å². The molecular weight excluding hydrogens is 341 g/mol. The van der Waals surface area contributed by atoms with Gasteiger partial charge < -0.3 is 5.32 Å². The lowest BCUT2D eigenvalue weighted by atomic mass is 10.0. The zero-order chi connectivity index (χ0) is 14.5. The standard InChI is InChI=1S/C14H17BrFN3S/c1-3-4-12-14(20-19-18-12)13(17-2)8-9-5-6-11(16)10(15)7-9/h5-7,13,17H,3-4,8H2,1-2H3. The van der Waals surface area contributed by atoms with Gasteiger partial charge in [-0.2, -0.15) is 0 Å². The molecule has 2 rings (SSSR count). The zero-order valence-electron chi connectivity index (χ0n) is 11.5. The Balaban J connectivity index is 2.19. The van der Waals surface area contributed by atoms with Crippen LogP contribution in [0.2, 0.25) is 0 Å². The van der Waals surface area contributed by atoms with Crippen molar-refractivity contribution in [3.8, 4) is 0 Å². The fourth-order valence-corrected chi connectivity index (χ4v) is 3.35. The van der Waals surface area contributed by atoms with Gasteiger partial charge >= 0.3 is 0 Å². The molecule has 108 valence electrons. The predicted molar refractivity (Wildman–Crippen MR) is 83.5 cm³/mol. The Morgan fingerprint density at radius 2 is 2.25 bits per heavy atom. The second kappa shape index (κ2) is 7.24. The van der Waals surface area contributed by atoms with Crippen LogP contribution in [0.5, 0.6) is 0 Å². The van der Waals surface area contributed by atoms with E-state index in [1.807, 2.05) is 19.2 Å². The molecule has 0 saturated carbocycles. The molecule has 1 heterocycles. The number of aryl methyl sites for hydroxylation is 1. The maximum Gasteiger partial charge on any atom is 0.137 e. The molecule has 0 amide bonds. The molecule has 1 N–H and O–H groups in total. The minimum absolute atomic E-state index is 0.161. The quantitative estimate of drug-likeness (QED) is 0.851. The maximum absolute atomic E-state index is 13.3. The molecule has 2 aromatic rings. The molecule has 0 fully saturated rings. The molecule has 1 atom stereocenters. The first-order valence-electron chi connectivity index (χ1n) is 6.58. The van der Waals surface area contributed by atoms with Crippen LogP contribution in [0.1, 0.15) is 35.5 Å². The van der Waals surface area contributed by atoms with Gasteiger partial charge in [0.05, 0.1) is 15.0 Å². The summed E-state index contributed by atoms with van der Waals surface area (Å²) < 4.78 is 17.8. The van der Waals surface area contributed by atoms with Gasteiger partial charge in [0.25, 0.3) is 0 Å². The molecule has 20 heavy (non-hydrogen) atoms. The van der Waals surface area contributed by atoms with E-state index in [0.717, 1.165) is 30.5 Å². The van der Waals surface area contributed by atoms with Gasteiger partial charge in [-0.25, -0.2) is 4.39 Å². The van der Waals surface area contributed by atoms with Crippen LogP contribution in [0.25, 0.3) is 0 Å². The highest BCUT2D eigenvalue weighted by Crippen LogP contribution is 2.26. The number of aromatic nitrogens is 2. The summed E-state index contributed by atoms with van der Waals surface area (Å²) in [4.78, 5) is 1.18. The van der Waals surface area contributed by atoms with Crippen molar-refractivity contribution < 1.29 is 4.39 Å². The number of nitrogens with one attached hydrogen (secondary N) is 1. The van der Waals surface area contributed by atoms with Gasteiger partial charge in [0.1, 0.15) is 5.82 Å². The molecule has 0 aliphatic carbocycles. The van der Waals surface area contributed by atoms with Crippen LogP contribution in [-0.4, -0.2) is 16.6 Å². The molecule has 0 bridgehead atoms. The van der Waals surface area contributed by atoms with Crippen molar-refractivity contribution in [2.24, 2.45) is 0 Å². The lowest BCUT2D eigenvalue weighted by Gasteiger charge is -2.15. The molecule has 6 heteroatoms. The molecule has 0 radical (unpaired) electrons. The largest absolute Gasteiger partial charge is 0.312 e. The van der Waals surface area contributed by atoms with Crippen LogP contribution in [0.3, 0.4) is 0 Å². The molecule has 0 aliphatic rings. The molecule has 1 aromatic carbocycles. The van der Waals surface area contributed by atoms with E-state index in [-0.39, 0.29) is 11.9 Å². The molecule has 0 spiro atoms. The maximum atomic E-state index is 13.3. The smallest absolute Gasteiger partial charge is 0.137 e. The lowest BCUT2D eigenvalue weighted by molar-refractivity contribution is 0.589. The van der Waals surface area contributed by atoms with Crippen molar-refractivity contribution in [2.45, 2.75) is 32.2 Å². The third kappa shape index (κ3) is 3.62. The molecule has 1 aromatic heterocycles. The summed E-state index contributed by atoms with van der Waals surface area (Å²) >= 11 is 4.67. The van der Waals surface area contributed by atoms with Gasteiger partial charge in [0.15, 0.2) is 0 Å².